The third-order valence-electron chi connectivity index (χ3n) is 3.35. The molecule has 0 saturated heterocycles. The number of hydrogen-bond donors (Lipinski definition) is 1. The molecule has 1 amide bonds. The first-order valence-electron chi connectivity index (χ1n) is 6.17. The molecule has 2 aliphatic rings. The van der Waals surface area contributed by atoms with E-state index in [2.05, 4.69) is 10.2 Å². The fourth-order valence-electron chi connectivity index (χ4n) is 2.06. The molecule has 2 rings (SSSR count). The van der Waals surface area contributed by atoms with Crippen molar-refractivity contribution in [3.8, 4) is 0 Å². The molecule has 0 spiro atoms. The largest absolute Gasteiger partial charge is 0.339 e. The lowest BCUT2D eigenvalue weighted by molar-refractivity contribution is -0.135. The number of nitrogens with one attached hydrogen (secondary N) is 1. The van der Waals surface area contributed by atoms with Crippen LogP contribution in [0.25, 0.3) is 0 Å². The lowest BCUT2D eigenvalue weighted by atomic mass is 10.1. The Labute approximate surface area is 92.2 Å². The van der Waals surface area contributed by atoms with Gasteiger partial charge in [0.05, 0.1) is 0 Å². The van der Waals surface area contributed by atoms with Crippen molar-refractivity contribution in [2.75, 3.05) is 20.1 Å². The summed E-state index contributed by atoms with van der Waals surface area (Å²) in [4.78, 5) is 14.3. The highest BCUT2D eigenvalue weighted by Crippen LogP contribution is 2.35. The zero-order valence-electron chi connectivity index (χ0n) is 9.83. The van der Waals surface area contributed by atoms with Crippen molar-refractivity contribution in [3.63, 3.8) is 0 Å². The second-order valence-corrected chi connectivity index (χ2v) is 5.12. The second kappa shape index (κ2) is 4.52. The Hall–Kier alpha value is -0.570. The Balaban J connectivity index is 1.87. The summed E-state index contributed by atoms with van der Waals surface area (Å²) in [7, 11) is 1.91. The lowest BCUT2D eigenvalue weighted by Crippen LogP contribution is -2.41. The van der Waals surface area contributed by atoms with Gasteiger partial charge in [-0.2, -0.15) is 0 Å². The van der Waals surface area contributed by atoms with Gasteiger partial charge in [-0.25, -0.2) is 0 Å². The van der Waals surface area contributed by atoms with Crippen molar-refractivity contribution >= 4 is 5.91 Å². The normalized spacial score (nSPS) is 22.5. The number of carbonyl (C=O) groups is 1. The molecule has 1 N–H and O–H groups in total. The van der Waals surface area contributed by atoms with Gasteiger partial charge in [-0.15, -0.1) is 0 Å². The fraction of sp³-hybridized carbons (Fsp3) is 0.917. The maximum atomic E-state index is 12.2. The van der Waals surface area contributed by atoms with E-state index in [4.69, 9.17) is 0 Å². The van der Waals surface area contributed by atoms with Gasteiger partial charge < -0.3 is 10.2 Å². The number of carbonyl (C=O) groups excluding carboxylic acids is 1. The van der Waals surface area contributed by atoms with Gasteiger partial charge >= 0.3 is 0 Å². The van der Waals surface area contributed by atoms with Crippen LogP contribution in [0.3, 0.4) is 0 Å². The monoisotopic (exact) mass is 210 g/mol. The average molecular weight is 210 g/mol. The molecule has 0 aliphatic heterocycles. The molecule has 2 saturated carbocycles. The third-order valence-corrected chi connectivity index (χ3v) is 3.35. The zero-order valence-corrected chi connectivity index (χ0v) is 9.83. The molecular formula is C12H22N2O. The molecule has 2 fully saturated rings. The molecule has 0 bridgehead atoms. The van der Waals surface area contributed by atoms with Crippen LogP contribution in [0.5, 0.6) is 0 Å². The van der Waals surface area contributed by atoms with E-state index in [0.717, 1.165) is 19.0 Å². The van der Waals surface area contributed by atoms with Crippen molar-refractivity contribution in [1.29, 1.82) is 0 Å². The summed E-state index contributed by atoms with van der Waals surface area (Å²) in [6.45, 7) is 3.85. The van der Waals surface area contributed by atoms with E-state index in [1.54, 1.807) is 0 Å². The predicted molar refractivity (Wildman–Crippen MR) is 60.5 cm³/mol. The molecule has 86 valence electrons. The number of rotatable bonds is 6. The molecular weight excluding hydrogens is 188 g/mol. The third kappa shape index (κ3) is 2.94. The van der Waals surface area contributed by atoms with Crippen molar-refractivity contribution < 1.29 is 4.79 Å². The van der Waals surface area contributed by atoms with Gasteiger partial charge in [-0.05, 0) is 38.6 Å². The van der Waals surface area contributed by atoms with Crippen molar-refractivity contribution in [1.82, 2.24) is 10.2 Å². The zero-order chi connectivity index (χ0) is 10.8. The lowest BCUT2D eigenvalue weighted by Gasteiger charge is -2.25. The van der Waals surface area contributed by atoms with Gasteiger partial charge in [-0.1, -0.05) is 6.92 Å². The van der Waals surface area contributed by atoms with Crippen LogP contribution in [0.2, 0.25) is 0 Å². The highest BCUT2D eigenvalue weighted by Gasteiger charge is 2.37. The van der Waals surface area contributed by atoms with Crippen molar-refractivity contribution in [3.05, 3.63) is 0 Å². The number of amides is 1. The molecule has 0 aromatic rings. The quantitative estimate of drug-likeness (QED) is 0.715. The maximum absolute atomic E-state index is 12.2. The van der Waals surface area contributed by atoms with E-state index in [1.807, 2.05) is 14.0 Å². The van der Waals surface area contributed by atoms with Crippen molar-refractivity contribution in [2.24, 2.45) is 11.8 Å². The molecule has 0 radical (unpaired) electrons. The summed E-state index contributed by atoms with van der Waals surface area (Å²) in [5.74, 6) is 1.31. The Bertz CT molecular complexity index is 234. The molecule has 0 aromatic carbocycles. The molecule has 2 aliphatic carbocycles. The van der Waals surface area contributed by atoms with Crippen LogP contribution in [0, 0.1) is 11.8 Å². The average Bonchev–Trinajstić information content (AvgIpc) is 3.04. The van der Waals surface area contributed by atoms with E-state index in [0.29, 0.717) is 11.9 Å². The van der Waals surface area contributed by atoms with E-state index in [1.165, 1.54) is 25.7 Å². The number of nitrogens with zero attached hydrogens (tertiary/aromatic N) is 1. The Morgan fingerprint density at radius 1 is 1.40 bits per heavy atom. The van der Waals surface area contributed by atoms with Crippen LogP contribution in [0.1, 0.15) is 32.6 Å². The van der Waals surface area contributed by atoms with E-state index >= 15 is 0 Å². The highest BCUT2D eigenvalue weighted by atomic mass is 16.2. The summed E-state index contributed by atoms with van der Waals surface area (Å²) < 4.78 is 0. The van der Waals surface area contributed by atoms with Crippen LogP contribution < -0.4 is 5.32 Å². The molecule has 15 heavy (non-hydrogen) atoms. The Kier molecular flexibility index (Phi) is 3.29. The van der Waals surface area contributed by atoms with Crippen LogP contribution >= 0.6 is 0 Å². The summed E-state index contributed by atoms with van der Waals surface area (Å²) in [5, 5.41) is 3.08. The Morgan fingerprint density at radius 3 is 2.53 bits per heavy atom. The van der Waals surface area contributed by atoms with Gasteiger partial charge in [0, 0.05) is 25.0 Å². The van der Waals surface area contributed by atoms with Crippen molar-refractivity contribution in [2.45, 2.75) is 38.6 Å². The van der Waals surface area contributed by atoms with Gasteiger partial charge in [0.15, 0.2) is 0 Å². The van der Waals surface area contributed by atoms with Crippen LogP contribution in [0.4, 0.5) is 0 Å². The van der Waals surface area contributed by atoms with E-state index in [9.17, 15) is 4.79 Å². The highest BCUT2D eigenvalue weighted by molar-refractivity contribution is 5.79. The minimum absolute atomic E-state index is 0.134. The molecule has 1 unspecified atom stereocenters. The summed E-state index contributed by atoms with van der Waals surface area (Å²) >= 11 is 0. The Morgan fingerprint density at radius 2 is 2.07 bits per heavy atom. The standard InChI is InChI=1S/C12H22N2O/c1-9(7-13-2)12(15)14(11-5-6-11)8-10-3-4-10/h9-11,13H,3-8H2,1-2H3. The first kappa shape index (κ1) is 10.9. The SMILES string of the molecule is CNCC(C)C(=O)N(CC1CC1)C1CC1. The summed E-state index contributed by atoms with van der Waals surface area (Å²) in [5.41, 5.74) is 0. The van der Waals surface area contributed by atoms with E-state index in [-0.39, 0.29) is 5.92 Å². The van der Waals surface area contributed by atoms with Crippen LogP contribution in [-0.2, 0) is 4.79 Å². The second-order valence-electron chi connectivity index (χ2n) is 5.12. The van der Waals surface area contributed by atoms with Gasteiger partial charge in [0.25, 0.3) is 0 Å². The minimum atomic E-state index is 0.134. The first-order chi connectivity index (χ1) is 7.22. The fourth-order valence-corrected chi connectivity index (χ4v) is 2.06. The molecule has 0 aromatic heterocycles. The minimum Gasteiger partial charge on any atom is -0.339 e. The summed E-state index contributed by atoms with van der Waals surface area (Å²) in [6, 6.07) is 0.581. The molecule has 1 atom stereocenters. The molecule has 3 nitrogen and oxygen atoms in total. The first-order valence-corrected chi connectivity index (χ1v) is 6.17. The summed E-state index contributed by atoms with van der Waals surface area (Å²) in [6.07, 6.45) is 5.11. The van der Waals surface area contributed by atoms with Crippen LogP contribution in [-0.4, -0.2) is 37.0 Å². The van der Waals surface area contributed by atoms with E-state index < -0.39 is 0 Å². The predicted octanol–water partition coefficient (Wildman–Crippen LogP) is 1.24. The van der Waals surface area contributed by atoms with Gasteiger partial charge in [-0.3, -0.25) is 4.79 Å². The maximum Gasteiger partial charge on any atom is 0.226 e. The smallest absolute Gasteiger partial charge is 0.226 e. The number of hydrogen-bond acceptors (Lipinski definition) is 2. The van der Waals surface area contributed by atoms with Crippen LogP contribution in [0.15, 0.2) is 0 Å². The van der Waals surface area contributed by atoms with Gasteiger partial charge in [0.1, 0.15) is 0 Å². The topological polar surface area (TPSA) is 32.3 Å². The molecule has 0 heterocycles. The molecule has 3 heteroatoms. The van der Waals surface area contributed by atoms with Gasteiger partial charge in [0.2, 0.25) is 5.91 Å².